The molecule has 5 heteroatoms. The summed E-state index contributed by atoms with van der Waals surface area (Å²) in [5, 5.41) is 7.18. The van der Waals surface area contributed by atoms with E-state index in [0.29, 0.717) is 15.7 Å². The molecule has 1 aliphatic heterocycles. The number of allylic oxidation sites excluding steroid dienone is 1. The number of hydrogen-bond donors (Lipinski definition) is 2. The standard InChI is InChI=1S/C13H13ClN2OS/c1-7-11(8(2)17)12(16-13(18)15-7)9-5-3-4-6-10(9)14/h3-6,12H,1-2H3,(H2,15,16,18). The summed E-state index contributed by atoms with van der Waals surface area (Å²) in [5.41, 5.74) is 2.29. The van der Waals surface area contributed by atoms with Crippen molar-refractivity contribution in [1.82, 2.24) is 10.6 Å². The van der Waals surface area contributed by atoms with E-state index in [-0.39, 0.29) is 11.8 Å². The van der Waals surface area contributed by atoms with Crippen molar-refractivity contribution in [1.29, 1.82) is 0 Å². The second-order valence-electron chi connectivity index (χ2n) is 4.15. The average Bonchev–Trinajstić information content (AvgIpc) is 2.27. The molecule has 1 aromatic rings. The molecule has 0 aliphatic carbocycles. The Kier molecular flexibility index (Phi) is 3.68. The molecule has 3 nitrogen and oxygen atoms in total. The number of Topliss-reactive ketones (excluding diaryl/α,β-unsaturated/α-hetero) is 1. The SMILES string of the molecule is CC(=O)C1=C(C)NC(=S)NC1c1ccccc1Cl. The molecule has 0 fully saturated rings. The van der Waals surface area contributed by atoms with Gasteiger partial charge in [-0.2, -0.15) is 0 Å². The minimum absolute atomic E-state index is 0.0000743. The molecule has 1 unspecified atom stereocenters. The van der Waals surface area contributed by atoms with Crippen LogP contribution < -0.4 is 10.6 Å². The highest BCUT2D eigenvalue weighted by molar-refractivity contribution is 7.80. The van der Waals surface area contributed by atoms with Gasteiger partial charge in [-0.25, -0.2) is 0 Å². The Morgan fingerprint density at radius 2 is 2.06 bits per heavy atom. The summed E-state index contributed by atoms with van der Waals surface area (Å²) in [7, 11) is 0. The van der Waals surface area contributed by atoms with Crippen molar-refractivity contribution in [3.63, 3.8) is 0 Å². The van der Waals surface area contributed by atoms with Crippen LogP contribution in [0.1, 0.15) is 25.5 Å². The molecular formula is C13H13ClN2OS. The van der Waals surface area contributed by atoms with Crippen LogP contribution >= 0.6 is 23.8 Å². The van der Waals surface area contributed by atoms with Crippen molar-refractivity contribution in [3.8, 4) is 0 Å². The molecule has 0 radical (unpaired) electrons. The predicted molar refractivity (Wildman–Crippen MR) is 76.4 cm³/mol. The van der Waals surface area contributed by atoms with Crippen molar-refractivity contribution < 1.29 is 4.79 Å². The quantitative estimate of drug-likeness (QED) is 0.818. The first-order chi connectivity index (χ1) is 8.50. The number of thiocarbonyl (C=S) groups is 1. The third-order valence-corrected chi connectivity index (χ3v) is 3.43. The summed E-state index contributed by atoms with van der Waals surface area (Å²) >= 11 is 11.3. The van der Waals surface area contributed by atoms with Gasteiger partial charge in [0.15, 0.2) is 10.9 Å². The van der Waals surface area contributed by atoms with Crippen LogP contribution in [-0.2, 0) is 4.79 Å². The number of benzene rings is 1. The van der Waals surface area contributed by atoms with Gasteiger partial charge in [0.25, 0.3) is 0 Å². The minimum atomic E-state index is -0.287. The highest BCUT2D eigenvalue weighted by Crippen LogP contribution is 2.31. The van der Waals surface area contributed by atoms with Crippen LogP contribution in [0.4, 0.5) is 0 Å². The molecule has 0 bridgehead atoms. The van der Waals surface area contributed by atoms with Crippen LogP contribution in [0.2, 0.25) is 5.02 Å². The molecule has 0 spiro atoms. The number of carbonyl (C=O) groups is 1. The van der Waals surface area contributed by atoms with Crippen LogP contribution in [0, 0.1) is 0 Å². The van der Waals surface area contributed by atoms with Gasteiger partial charge >= 0.3 is 0 Å². The van der Waals surface area contributed by atoms with Gasteiger partial charge in [0.2, 0.25) is 0 Å². The maximum absolute atomic E-state index is 11.8. The number of ketones is 1. The van der Waals surface area contributed by atoms with Gasteiger partial charge in [-0.1, -0.05) is 29.8 Å². The lowest BCUT2D eigenvalue weighted by atomic mass is 9.93. The second-order valence-corrected chi connectivity index (χ2v) is 4.96. The van der Waals surface area contributed by atoms with Crippen LogP contribution in [-0.4, -0.2) is 10.9 Å². The third-order valence-electron chi connectivity index (χ3n) is 2.86. The van der Waals surface area contributed by atoms with E-state index in [1.807, 2.05) is 25.1 Å². The maximum Gasteiger partial charge on any atom is 0.171 e. The fourth-order valence-electron chi connectivity index (χ4n) is 2.10. The summed E-state index contributed by atoms with van der Waals surface area (Å²) in [5.74, 6) is -0.0000743. The van der Waals surface area contributed by atoms with Crippen molar-refractivity contribution in [2.45, 2.75) is 19.9 Å². The summed E-state index contributed by atoms with van der Waals surface area (Å²) < 4.78 is 0. The maximum atomic E-state index is 11.8. The lowest BCUT2D eigenvalue weighted by Gasteiger charge is -2.30. The molecule has 94 valence electrons. The van der Waals surface area contributed by atoms with E-state index in [1.54, 1.807) is 13.0 Å². The fraction of sp³-hybridized carbons (Fsp3) is 0.231. The first-order valence-electron chi connectivity index (χ1n) is 5.54. The molecule has 18 heavy (non-hydrogen) atoms. The molecule has 0 saturated heterocycles. The number of hydrogen-bond acceptors (Lipinski definition) is 2. The lowest BCUT2D eigenvalue weighted by molar-refractivity contribution is -0.114. The Hall–Kier alpha value is -1.39. The zero-order chi connectivity index (χ0) is 13.3. The molecule has 1 heterocycles. The summed E-state index contributed by atoms with van der Waals surface area (Å²) in [6.07, 6.45) is 0. The van der Waals surface area contributed by atoms with E-state index < -0.39 is 0 Å². The van der Waals surface area contributed by atoms with E-state index in [4.69, 9.17) is 23.8 Å². The lowest BCUT2D eigenvalue weighted by Crippen LogP contribution is -2.44. The molecule has 0 aromatic heterocycles. The summed E-state index contributed by atoms with van der Waals surface area (Å²) in [4.78, 5) is 11.8. The van der Waals surface area contributed by atoms with E-state index in [0.717, 1.165) is 11.3 Å². The Labute approximate surface area is 116 Å². The number of carbonyl (C=O) groups excluding carboxylic acids is 1. The van der Waals surface area contributed by atoms with Crippen LogP contribution in [0.15, 0.2) is 35.5 Å². The second kappa shape index (κ2) is 5.08. The largest absolute Gasteiger partial charge is 0.351 e. The fourth-order valence-corrected chi connectivity index (χ4v) is 2.62. The van der Waals surface area contributed by atoms with Gasteiger partial charge in [-0.15, -0.1) is 0 Å². The smallest absolute Gasteiger partial charge is 0.171 e. The highest BCUT2D eigenvalue weighted by atomic mass is 35.5. The Morgan fingerprint density at radius 1 is 1.39 bits per heavy atom. The molecule has 1 aliphatic rings. The Bertz CT molecular complexity index is 554. The number of halogens is 1. The van der Waals surface area contributed by atoms with Crippen molar-refractivity contribution >= 4 is 34.7 Å². The van der Waals surface area contributed by atoms with Gasteiger partial charge in [0.1, 0.15) is 0 Å². The molecule has 1 atom stereocenters. The third kappa shape index (κ3) is 2.40. The van der Waals surface area contributed by atoms with Crippen molar-refractivity contribution in [3.05, 3.63) is 46.1 Å². The van der Waals surface area contributed by atoms with E-state index >= 15 is 0 Å². The predicted octanol–water partition coefficient (Wildman–Crippen LogP) is 2.72. The molecule has 2 N–H and O–H groups in total. The monoisotopic (exact) mass is 280 g/mol. The van der Waals surface area contributed by atoms with Gasteiger partial charge in [-0.05, 0) is 37.7 Å². The normalized spacial score (nSPS) is 19.3. The molecule has 1 aromatic carbocycles. The first kappa shape index (κ1) is 13.1. The van der Waals surface area contributed by atoms with Crippen molar-refractivity contribution in [2.75, 3.05) is 0 Å². The Balaban J connectivity index is 2.54. The van der Waals surface area contributed by atoms with E-state index in [1.165, 1.54) is 0 Å². The molecule has 0 saturated carbocycles. The van der Waals surface area contributed by atoms with Gasteiger partial charge in [0.05, 0.1) is 6.04 Å². The first-order valence-corrected chi connectivity index (χ1v) is 6.33. The summed E-state index contributed by atoms with van der Waals surface area (Å²) in [6.45, 7) is 3.38. The topological polar surface area (TPSA) is 41.1 Å². The van der Waals surface area contributed by atoms with Crippen LogP contribution in [0.5, 0.6) is 0 Å². The van der Waals surface area contributed by atoms with Gasteiger partial charge in [0, 0.05) is 16.3 Å². The van der Waals surface area contributed by atoms with Gasteiger partial charge < -0.3 is 10.6 Å². The van der Waals surface area contributed by atoms with Gasteiger partial charge in [-0.3, -0.25) is 4.79 Å². The van der Waals surface area contributed by atoms with Crippen LogP contribution in [0.3, 0.4) is 0 Å². The molecule has 0 amide bonds. The Morgan fingerprint density at radius 3 is 2.67 bits per heavy atom. The van der Waals surface area contributed by atoms with E-state index in [9.17, 15) is 4.79 Å². The highest BCUT2D eigenvalue weighted by Gasteiger charge is 2.28. The summed E-state index contributed by atoms with van der Waals surface area (Å²) in [6, 6.07) is 7.15. The van der Waals surface area contributed by atoms with Crippen LogP contribution in [0.25, 0.3) is 0 Å². The molecular weight excluding hydrogens is 268 g/mol. The van der Waals surface area contributed by atoms with E-state index in [2.05, 4.69) is 10.6 Å². The minimum Gasteiger partial charge on any atom is -0.351 e. The van der Waals surface area contributed by atoms with Crippen molar-refractivity contribution in [2.24, 2.45) is 0 Å². The average molecular weight is 281 g/mol. The number of rotatable bonds is 2. The zero-order valence-corrected chi connectivity index (χ0v) is 11.7. The number of nitrogens with one attached hydrogen (secondary N) is 2. The molecule has 2 rings (SSSR count). The zero-order valence-electron chi connectivity index (χ0n) is 10.1.